The number of nitrogens with two attached hydrogens (primary N) is 2. The van der Waals surface area contributed by atoms with Crippen LogP contribution >= 0.6 is 0 Å². The number of unbranched alkanes of at least 4 members (excludes halogenated alkanes) is 1. The molecule has 0 aliphatic rings. The molecule has 158 valence electrons. The predicted octanol–water partition coefficient (Wildman–Crippen LogP) is 4.51. The van der Waals surface area contributed by atoms with Gasteiger partial charge in [0.25, 0.3) is 0 Å². The molecule has 3 aromatic carbocycles. The monoisotopic (exact) mass is 425 g/mol. The maximum Gasteiger partial charge on any atom is 0.241 e. The predicted molar refractivity (Wildman–Crippen MR) is 121 cm³/mol. The Morgan fingerprint density at radius 1 is 1.00 bits per heavy atom. The second-order valence-corrected chi connectivity index (χ2v) is 8.62. The highest BCUT2D eigenvalue weighted by Gasteiger charge is 2.22. The second-order valence-electron chi connectivity index (χ2n) is 7.09. The SMILES string of the molecule is CCCCNc1cc(Cc2ccccc2N)cc(S(N)(=O)=O)c1Oc1ccccc1. The first-order chi connectivity index (χ1) is 14.4. The van der Waals surface area contributed by atoms with Crippen molar-refractivity contribution in [3.05, 3.63) is 77.9 Å². The van der Waals surface area contributed by atoms with E-state index in [2.05, 4.69) is 12.2 Å². The summed E-state index contributed by atoms with van der Waals surface area (Å²) in [4.78, 5) is -0.0580. The van der Waals surface area contributed by atoms with Crippen LogP contribution in [0.15, 0.2) is 71.6 Å². The van der Waals surface area contributed by atoms with Crippen molar-refractivity contribution in [1.82, 2.24) is 0 Å². The summed E-state index contributed by atoms with van der Waals surface area (Å²) in [5.74, 6) is 0.727. The third kappa shape index (κ3) is 5.52. The van der Waals surface area contributed by atoms with Gasteiger partial charge < -0.3 is 15.8 Å². The van der Waals surface area contributed by atoms with Gasteiger partial charge >= 0.3 is 0 Å². The molecule has 0 amide bonds. The van der Waals surface area contributed by atoms with E-state index >= 15 is 0 Å². The summed E-state index contributed by atoms with van der Waals surface area (Å²) in [7, 11) is -4.03. The number of nitrogens with one attached hydrogen (secondary N) is 1. The molecule has 30 heavy (non-hydrogen) atoms. The summed E-state index contributed by atoms with van der Waals surface area (Å²) in [6.07, 6.45) is 2.42. The maximum absolute atomic E-state index is 12.4. The average molecular weight is 426 g/mol. The highest BCUT2D eigenvalue weighted by Crippen LogP contribution is 2.38. The van der Waals surface area contributed by atoms with Crippen LogP contribution in [-0.2, 0) is 16.4 Å². The molecule has 3 rings (SSSR count). The van der Waals surface area contributed by atoms with Gasteiger partial charge in [0.05, 0.1) is 5.69 Å². The van der Waals surface area contributed by atoms with E-state index in [4.69, 9.17) is 15.6 Å². The Morgan fingerprint density at radius 3 is 2.37 bits per heavy atom. The number of rotatable bonds is 9. The van der Waals surface area contributed by atoms with E-state index in [0.717, 1.165) is 24.0 Å². The normalized spacial score (nSPS) is 11.3. The number of hydrogen-bond donors (Lipinski definition) is 3. The first kappa shape index (κ1) is 21.7. The molecule has 0 atom stereocenters. The highest BCUT2D eigenvalue weighted by atomic mass is 32.2. The standard InChI is InChI=1S/C23H27N3O3S/c1-2-3-13-26-21-15-17(14-18-9-7-8-12-20(18)24)16-22(30(25,27)28)23(21)29-19-10-5-4-6-11-19/h4-12,15-16,26H,2-3,13-14,24H2,1H3,(H2,25,27,28). The Hall–Kier alpha value is -3.03. The zero-order valence-electron chi connectivity index (χ0n) is 17.0. The number of primary sulfonamides is 1. The van der Waals surface area contributed by atoms with Crippen LogP contribution in [0, 0.1) is 0 Å². The van der Waals surface area contributed by atoms with Crippen LogP contribution < -0.4 is 20.9 Å². The van der Waals surface area contributed by atoms with Gasteiger partial charge in [0, 0.05) is 12.2 Å². The van der Waals surface area contributed by atoms with E-state index in [1.165, 1.54) is 0 Å². The van der Waals surface area contributed by atoms with Gasteiger partial charge in [-0.1, -0.05) is 49.7 Å². The Bertz CT molecular complexity index is 1100. The number of para-hydroxylation sites is 2. The van der Waals surface area contributed by atoms with E-state index in [1.54, 1.807) is 18.2 Å². The van der Waals surface area contributed by atoms with Crippen LogP contribution in [0.5, 0.6) is 11.5 Å². The van der Waals surface area contributed by atoms with Crippen molar-refractivity contribution in [3.8, 4) is 11.5 Å². The quantitative estimate of drug-likeness (QED) is 0.345. The number of nitrogen functional groups attached to an aromatic ring is 1. The van der Waals surface area contributed by atoms with Crippen LogP contribution in [0.1, 0.15) is 30.9 Å². The van der Waals surface area contributed by atoms with Crippen LogP contribution in [0.2, 0.25) is 0 Å². The molecule has 7 heteroatoms. The molecule has 0 spiro atoms. The molecule has 0 fully saturated rings. The Labute approximate surface area is 177 Å². The lowest BCUT2D eigenvalue weighted by Gasteiger charge is -2.18. The lowest BCUT2D eigenvalue weighted by molar-refractivity contribution is 0.469. The number of ether oxygens (including phenoxy) is 1. The summed E-state index contributed by atoms with van der Waals surface area (Å²) in [6, 6.07) is 20.0. The van der Waals surface area contributed by atoms with Crippen molar-refractivity contribution >= 4 is 21.4 Å². The summed E-state index contributed by atoms with van der Waals surface area (Å²) >= 11 is 0. The van der Waals surface area contributed by atoms with Crippen molar-refractivity contribution in [3.63, 3.8) is 0 Å². The van der Waals surface area contributed by atoms with Gasteiger partial charge in [0.2, 0.25) is 10.0 Å². The third-order valence-corrected chi connectivity index (χ3v) is 5.60. The highest BCUT2D eigenvalue weighted by molar-refractivity contribution is 7.89. The van der Waals surface area contributed by atoms with Crippen molar-refractivity contribution in [1.29, 1.82) is 0 Å². The van der Waals surface area contributed by atoms with Gasteiger partial charge in [-0.3, -0.25) is 0 Å². The molecule has 0 unspecified atom stereocenters. The van der Waals surface area contributed by atoms with Gasteiger partial charge in [0.1, 0.15) is 10.6 Å². The molecular formula is C23H27N3O3S. The van der Waals surface area contributed by atoms with Crippen LogP contribution in [0.4, 0.5) is 11.4 Å². The van der Waals surface area contributed by atoms with Crippen molar-refractivity contribution < 1.29 is 13.2 Å². The van der Waals surface area contributed by atoms with E-state index in [1.807, 2.05) is 48.5 Å². The van der Waals surface area contributed by atoms with Gasteiger partial charge in [-0.2, -0.15) is 0 Å². The molecule has 5 N–H and O–H groups in total. The summed E-state index contributed by atoms with van der Waals surface area (Å²) in [6.45, 7) is 2.77. The molecule has 0 bridgehead atoms. The molecular weight excluding hydrogens is 398 g/mol. The zero-order chi connectivity index (χ0) is 21.6. The fourth-order valence-corrected chi connectivity index (χ4v) is 3.86. The zero-order valence-corrected chi connectivity index (χ0v) is 17.8. The topological polar surface area (TPSA) is 107 Å². The third-order valence-electron chi connectivity index (χ3n) is 4.68. The van der Waals surface area contributed by atoms with Crippen molar-refractivity contribution in [2.45, 2.75) is 31.1 Å². The van der Waals surface area contributed by atoms with Gasteiger partial charge in [-0.05, 0) is 54.3 Å². The number of anilines is 2. The molecule has 0 heterocycles. The largest absolute Gasteiger partial charge is 0.454 e. The van der Waals surface area contributed by atoms with E-state index in [9.17, 15) is 8.42 Å². The Kier molecular flexibility index (Phi) is 6.97. The van der Waals surface area contributed by atoms with Crippen LogP contribution in [0.3, 0.4) is 0 Å². The van der Waals surface area contributed by atoms with Crippen LogP contribution in [0.25, 0.3) is 0 Å². The first-order valence-electron chi connectivity index (χ1n) is 9.88. The van der Waals surface area contributed by atoms with E-state index in [-0.39, 0.29) is 10.6 Å². The number of benzene rings is 3. The minimum absolute atomic E-state index is 0.0580. The number of hydrogen-bond acceptors (Lipinski definition) is 5. The maximum atomic E-state index is 12.4. The molecule has 0 radical (unpaired) electrons. The molecule has 0 saturated carbocycles. The van der Waals surface area contributed by atoms with E-state index in [0.29, 0.717) is 30.1 Å². The Morgan fingerprint density at radius 2 is 1.70 bits per heavy atom. The average Bonchev–Trinajstić information content (AvgIpc) is 2.71. The number of sulfonamides is 1. The second kappa shape index (κ2) is 9.65. The van der Waals surface area contributed by atoms with Crippen molar-refractivity contribution in [2.24, 2.45) is 5.14 Å². The minimum Gasteiger partial charge on any atom is -0.454 e. The molecule has 6 nitrogen and oxygen atoms in total. The van der Waals surface area contributed by atoms with E-state index < -0.39 is 10.0 Å². The van der Waals surface area contributed by atoms with Crippen molar-refractivity contribution in [2.75, 3.05) is 17.6 Å². The van der Waals surface area contributed by atoms with Gasteiger partial charge in [-0.15, -0.1) is 0 Å². The van der Waals surface area contributed by atoms with Crippen LogP contribution in [-0.4, -0.2) is 15.0 Å². The summed E-state index contributed by atoms with van der Waals surface area (Å²) < 4.78 is 30.9. The summed E-state index contributed by atoms with van der Waals surface area (Å²) in [5.41, 5.74) is 9.00. The molecule has 0 aliphatic carbocycles. The smallest absolute Gasteiger partial charge is 0.241 e. The lowest BCUT2D eigenvalue weighted by atomic mass is 10.0. The van der Waals surface area contributed by atoms with Gasteiger partial charge in [-0.25, -0.2) is 13.6 Å². The first-order valence-corrected chi connectivity index (χ1v) is 11.4. The molecule has 0 aromatic heterocycles. The molecule has 0 aliphatic heterocycles. The lowest BCUT2D eigenvalue weighted by Crippen LogP contribution is -2.15. The molecule has 0 saturated heterocycles. The van der Waals surface area contributed by atoms with Gasteiger partial charge in [0.15, 0.2) is 5.75 Å². The summed E-state index contributed by atoms with van der Waals surface area (Å²) in [5, 5.41) is 8.88. The fraction of sp³-hybridized carbons (Fsp3) is 0.217. The Balaban J connectivity index is 2.09. The minimum atomic E-state index is -4.03. The fourth-order valence-electron chi connectivity index (χ4n) is 3.13. The molecule has 3 aromatic rings.